The molecule has 0 aliphatic rings. The maximum atomic E-state index is 12.8. The lowest BCUT2D eigenvalue weighted by Crippen LogP contribution is -2.27. The van der Waals surface area contributed by atoms with E-state index in [9.17, 15) is 4.79 Å². The van der Waals surface area contributed by atoms with Gasteiger partial charge in [0.05, 0.1) is 12.2 Å². The summed E-state index contributed by atoms with van der Waals surface area (Å²) in [5.74, 6) is 0.768. The number of carbonyl (C=O) groups is 1. The average molecular weight is 428 g/mol. The van der Waals surface area contributed by atoms with Gasteiger partial charge in [-0.05, 0) is 55.0 Å². The van der Waals surface area contributed by atoms with Gasteiger partial charge in [0.25, 0.3) is 5.91 Å². The molecule has 3 aromatic rings. The lowest BCUT2D eigenvalue weighted by Gasteiger charge is -2.18. The molecule has 0 atom stereocenters. The Bertz CT molecular complexity index is 906. The molecule has 1 amide bonds. The number of amides is 1. The molecule has 0 bridgehead atoms. The van der Waals surface area contributed by atoms with Crippen LogP contribution in [0.2, 0.25) is 0 Å². The van der Waals surface area contributed by atoms with E-state index in [0.717, 1.165) is 28.0 Å². The van der Waals surface area contributed by atoms with Crippen molar-refractivity contribution in [1.82, 2.24) is 14.7 Å². The van der Waals surface area contributed by atoms with E-state index in [1.165, 1.54) is 0 Å². The summed E-state index contributed by atoms with van der Waals surface area (Å²) in [6.07, 6.45) is 1.76. The lowest BCUT2D eigenvalue weighted by atomic mass is 10.1. The molecule has 3 rings (SSSR count). The Morgan fingerprint density at radius 3 is 2.70 bits per heavy atom. The summed E-state index contributed by atoms with van der Waals surface area (Å²) >= 11 is 3.41. The number of rotatable bonds is 7. The van der Waals surface area contributed by atoms with E-state index in [1.54, 1.807) is 18.1 Å². The molecule has 5 nitrogen and oxygen atoms in total. The van der Waals surface area contributed by atoms with Crippen molar-refractivity contribution in [2.24, 2.45) is 0 Å². The van der Waals surface area contributed by atoms with E-state index in [2.05, 4.69) is 21.0 Å². The zero-order valence-corrected chi connectivity index (χ0v) is 17.0. The lowest BCUT2D eigenvalue weighted by molar-refractivity contribution is 0.0781. The van der Waals surface area contributed by atoms with Crippen molar-refractivity contribution < 1.29 is 9.53 Å². The van der Waals surface area contributed by atoms with Gasteiger partial charge in [0, 0.05) is 29.8 Å². The molecular formula is C21H22BrN3O2. The second-order valence-corrected chi connectivity index (χ2v) is 7.16. The van der Waals surface area contributed by atoms with Crippen LogP contribution in [-0.4, -0.2) is 27.6 Å². The first-order chi connectivity index (χ1) is 13.1. The molecule has 0 N–H and O–H groups in total. The molecular weight excluding hydrogens is 406 g/mol. The molecule has 27 heavy (non-hydrogen) atoms. The molecule has 6 heteroatoms. The van der Waals surface area contributed by atoms with Crippen molar-refractivity contribution in [1.29, 1.82) is 0 Å². The smallest absolute Gasteiger partial charge is 0.253 e. The molecule has 0 unspecified atom stereocenters. The quantitative estimate of drug-likeness (QED) is 0.556. The van der Waals surface area contributed by atoms with Crippen LogP contribution in [0.1, 0.15) is 28.5 Å². The van der Waals surface area contributed by atoms with Crippen LogP contribution >= 0.6 is 15.9 Å². The number of aryl methyl sites for hydroxylation is 1. The molecule has 0 saturated carbocycles. The highest BCUT2D eigenvalue weighted by atomic mass is 79.9. The summed E-state index contributed by atoms with van der Waals surface area (Å²) in [4.78, 5) is 14.5. The van der Waals surface area contributed by atoms with E-state index in [4.69, 9.17) is 4.74 Å². The van der Waals surface area contributed by atoms with Gasteiger partial charge in [0.15, 0.2) is 0 Å². The highest BCUT2D eigenvalue weighted by Gasteiger charge is 2.14. The van der Waals surface area contributed by atoms with Gasteiger partial charge in [0.2, 0.25) is 0 Å². The predicted octanol–water partition coefficient (Wildman–Crippen LogP) is 4.52. The molecule has 1 aromatic heterocycles. The van der Waals surface area contributed by atoms with E-state index in [-0.39, 0.29) is 5.91 Å². The van der Waals surface area contributed by atoms with Crippen LogP contribution in [0.5, 0.6) is 5.75 Å². The fraction of sp³-hybridized carbons (Fsp3) is 0.238. The van der Waals surface area contributed by atoms with Crippen LogP contribution < -0.4 is 4.74 Å². The number of hydrogen-bond acceptors (Lipinski definition) is 3. The number of carbonyl (C=O) groups excluding carboxylic acids is 1. The average Bonchev–Trinajstić information content (AvgIpc) is 3.14. The number of benzene rings is 2. The zero-order valence-electron chi connectivity index (χ0n) is 15.4. The topological polar surface area (TPSA) is 47.4 Å². The first kappa shape index (κ1) is 19.2. The standard InChI is InChI=1S/C21H22BrN3O2/c1-3-25-19(11-12-23-25)14-24(2)21(26)17-6-4-5-16(13-17)15-27-20-9-7-18(22)8-10-20/h4-13H,3,14-15H2,1-2H3. The number of aromatic nitrogens is 2. The molecule has 0 aliphatic carbocycles. The summed E-state index contributed by atoms with van der Waals surface area (Å²) in [6, 6.07) is 17.2. The highest BCUT2D eigenvalue weighted by molar-refractivity contribution is 9.10. The number of halogens is 1. The highest BCUT2D eigenvalue weighted by Crippen LogP contribution is 2.18. The van der Waals surface area contributed by atoms with Crippen molar-refractivity contribution in [2.45, 2.75) is 26.6 Å². The maximum Gasteiger partial charge on any atom is 0.253 e. The van der Waals surface area contributed by atoms with Gasteiger partial charge in [-0.25, -0.2) is 0 Å². The van der Waals surface area contributed by atoms with Crippen LogP contribution in [0.3, 0.4) is 0 Å². The van der Waals surface area contributed by atoms with Crippen molar-refractivity contribution in [3.05, 3.63) is 82.1 Å². The molecule has 1 heterocycles. The Morgan fingerprint density at radius 1 is 1.19 bits per heavy atom. The minimum Gasteiger partial charge on any atom is -0.489 e. The van der Waals surface area contributed by atoms with Gasteiger partial charge in [-0.1, -0.05) is 28.1 Å². The Labute approximate surface area is 167 Å². The third-order valence-corrected chi connectivity index (χ3v) is 4.77. The normalized spacial score (nSPS) is 10.6. The second-order valence-electron chi connectivity index (χ2n) is 6.24. The fourth-order valence-corrected chi connectivity index (χ4v) is 3.07. The molecule has 0 spiro atoms. The third kappa shape index (κ3) is 4.98. The van der Waals surface area contributed by atoms with Crippen LogP contribution in [0.25, 0.3) is 0 Å². The van der Waals surface area contributed by atoms with E-state index in [0.29, 0.717) is 18.7 Å². The molecule has 2 aromatic carbocycles. The predicted molar refractivity (Wildman–Crippen MR) is 109 cm³/mol. The molecule has 0 radical (unpaired) electrons. The maximum absolute atomic E-state index is 12.8. The SMILES string of the molecule is CCn1nccc1CN(C)C(=O)c1cccc(COc2ccc(Br)cc2)c1. The fourth-order valence-electron chi connectivity index (χ4n) is 2.81. The number of nitrogens with zero attached hydrogens (tertiary/aromatic N) is 3. The van der Waals surface area contributed by atoms with Crippen molar-refractivity contribution >= 4 is 21.8 Å². The second kappa shape index (κ2) is 8.86. The Kier molecular flexibility index (Phi) is 6.29. The first-order valence-electron chi connectivity index (χ1n) is 8.80. The van der Waals surface area contributed by atoms with E-state index >= 15 is 0 Å². The number of hydrogen-bond donors (Lipinski definition) is 0. The van der Waals surface area contributed by atoms with Crippen LogP contribution in [0, 0.1) is 0 Å². The molecule has 0 aliphatic heterocycles. The largest absolute Gasteiger partial charge is 0.489 e. The Hall–Kier alpha value is -2.60. The summed E-state index contributed by atoms with van der Waals surface area (Å²) < 4.78 is 8.70. The number of ether oxygens (including phenoxy) is 1. The van der Waals surface area contributed by atoms with Gasteiger partial charge in [-0.3, -0.25) is 9.48 Å². The molecule has 0 fully saturated rings. The summed E-state index contributed by atoms with van der Waals surface area (Å²) in [7, 11) is 1.81. The summed E-state index contributed by atoms with van der Waals surface area (Å²) in [5.41, 5.74) is 2.62. The molecule has 140 valence electrons. The minimum atomic E-state index is -0.0238. The van der Waals surface area contributed by atoms with Gasteiger partial charge < -0.3 is 9.64 Å². The van der Waals surface area contributed by atoms with Gasteiger partial charge >= 0.3 is 0 Å². The van der Waals surface area contributed by atoms with Crippen molar-refractivity contribution in [2.75, 3.05) is 7.05 Å². The Morgan fingerprint density at radius 2 is 1.96 bits per heavy atom. The third-order valence-electron chi connectivity index (χ3n) is 4.24. The van der Waals surface area contributed by atoms with Crippen LogP contribution in [-0.2, 0) is 19.7 Å². The van der Waals surface area contributed by atoms with Crippen LogP contribution in [0.15, 0.2) is 65.3 Å². The zero-order chi connectivity index (χ0) is 19.2. The molecule has 0 saturated heterocycles. The van der Waals surface area contributed by atoms with Gasteiger partial charge in [-0.2, -0.15) is 5.10 Å². The van der Waals surface area contributed by atoms with Gasteiger partial charge in [0.1, 0.15) is 12.4 Å². The summed E-state index contributed by atoms with van der Waals surface area (Å²) in [6.45, 7) is 3.75. The van der Waals surface area contributed by atoms with Crippen molar-refractivity contribution in [3.63, 3.8) is 0 Å². The Balaban J connectivity index is 1.65. The minimum absolute atomic E-state index is 0.0238. The monoisotopic (exact) mass is 427 g/mol. The first-order valence-corrected chi connectivity index (χ1v) is 9.59. The summed E-state index contributed by atoms with van der Waals surface area (Å²) in [5, 5.41) is 4.25. The van der Waals surface area contributed by atoms with Crippen LogP contribution in [0.4, 0.5) is 0 Å². The van der Waals surface area contributed by atoms with Gasteiger partial charge in [-0.15, -0.1) is 0 Å². The van der Waals surface area contributed by atoms with Crippen molar-refractivity contribution in [3.8, 4) is 5.75 Å². The van der Waals surface area contributed by atoms with E-state index in [1.807, 2.05) is 66.2 Å². The van der Waals surface area contributed by atoms with E-state index < -0.39 is 0 Å².